The van der Waals surface area contributed by atoms with Gasteiger partial charge in [0.25, 0.3) is 0 Å². The summed E-state index contributed by atoms with van der Waals surface area (Å²) in [4.78, 5) is 28.7. The largest absolute Gasteiger partial charge is 0.360 e. The number of rotatable bonds is 6. The molecule has 0 spiro atoms. The SMILES string of the molecule is CCNC(=O)CN1CCN(C(=O)C2CCN(S(=O)(=O)c3c(C)noc3C)CC2)CC1. The molecule has 2 saturated heterocycles. The fraction of sp³-hybridized carbons (Fsp3) is 0.737. The van der Waals surface area contributed by atoms with E-state index in [0.717, 1.165) is 0 Å². The highest BCUT2D eigenvalue weighted by molar-refractivity contribution is 7.89. The van der Waals surface area contributed by atoms with Crippen molar-refractivity contribution in [2.45, 2.75) is 38.5 Å². The summed E-state index contributed by atoms with van der Waals surface area (Å²) in [6, 6.07) is 0. The lowest BCUT2D eigenvalue weighted by atomic mass is 9.96. The second-order valence-electron chi connectivity index (χ2n) is 7.89. The molecule has 3 heterocycles. The number of piperidine rings is 1. The molecule has 11 heteroatoms. The number of hydrogen-bond donors (Lipinski definition) is 1. The van der Waals surface area contributed by atoms with Gasteiger partial charge in [-0.05, 0) is 33.6 Å². The molecular weight excluding hydrogens is 410 g/mol. The van der Waals surface area contributed by atoms with E-state index in [9.17, 15) is 18.0 Å². The molecule has 30 heavy (non-hydrogen) atoms. The summed E-state index contributed by atoms with van der Waals surface area (Å²) in [7, 11) is -3.67. The topological polar surface area (TPSA) is 116 Å². The zero-order chi connectivity index (χ0) is 21.9. The fourth-order valence-electron chi connectivity index (χ4n) is 4.16. The van der Waals surface area contributed by atoms with Crippen molar-refractivity contribution in [2.24, 2.45) is 5.92 Å². The van der Waals surface area contributed by atoms with Crippen LogP contribution < -0.4 is 5.32 Å². The summed E-state index contributed by atoms with van der Waals surface area (Å²) in [5.41, 5.74) is 0.358. The molecule has 0 unspecified atom stereocenters. The van der Waals surface area contributed by atoms with Crippen LogP contribution in [0.4, 0.5) is 0 Å². The molecule has 0 aromatic carbocycles. The molecule has 2 amide bonds. The molecule has 0 bridgehead atoms. The number of carbonyl (C=O) groups excluding carboxylic acids is 2. The van der Waals surface area contributed by atoms with Crippen molar-refractivity contribution in [3.8, 4) is 0 Å². The van der Waals surface area contributed by atoms with Crippen LogP contribution in [-0.4, -0.2) is 91.9 Å². The molecule has 2 aliphatic rings. The molecule has 10 nitrogen and oxygen atoms in total. The van der Waals surface area contributed by atoms with Gasteiger partial charge in [0.1, 0.15) is 10.6 Å². The predicted molar refractivity (Wildman–Crippen MR) is 109 cm³/mol. The van der Waals surface area contributed by atoms with Crippen molar-refractivity contribution in [2.75, 3.05) is 52.4 Å². The van der Waals surface area contributed by atoms with Crippen LogP contribution in [0.2, 0.25) is 0 Å². The zero-order valence-electron chi connectivity index (χ0n) is 17.9. The van der Waals surface area contributed by atoms with Gasteiger partial charge in [-0.2, -0.15) is 4.31 Å². The first-order valence-corrected chi connectivity index (χ1v) is 11.9. The number of nitrogens with one attached hydrogen (secondary N) is 1. The van der Waals surface area contributed by atoms with Crippen molar-refractivity contribution < 1.29 is 22.5 Å². The lowest BCUT2D eigenvalue weighted by molar-refractivity contribution is -0.138. The average molecular weight is 442 g/mol. The van der Waals surface area contributed by atoms with E-state index in [1.807, 2.05) is 16.7 Å². The molecule has 1 aromatic rings. The van der Waals surface area contributed by atoms with Crippen LogP contribution in [-0.2, 0) is 19.6 Å². The van der Waals surface area contributed by atoms with Gasteiger partial charge in [-0.25, -0.2) is 8.42 Å². The molecule has 2 fully saturated rings. The van der Waals surface area contributed by atoms with Crippen LogP contribution in [0.3, 0.4) is 0 Å². The molecule has 0 saturated carbocycles. The third kappa shape index (κ3) is 4.84. The number of aryl methyl sites for hydroxylation is 2. The number of likely N-dealkylation sites (N-methyl/N-ethyl adjacent to an activating group) is 1. The summed E-state index contributed by atoms with van der Waals surface area (Å²) >= 11 is 0. The van der Waals surface area contributed by atoms with E-state index < -0.39 is 10.0 Å². The van der Waals surface area contributed by atoms with Gasteiger partial charge in [-0.1, -0.05) is 5.16 Å². The minimum atomic E-state index is -3.67. The van der Waals surface area contributed by atoms with Gasteiger partial charge in [0.15, 0.2) is 5.76 Å². The molecule has 0 radical (unpaired) electrons. The third-order valence-corrected chi connectivity index (χ3v) is 7.94. The van der Waals surface area contributed by atoms with E-state index in [1.54, 1.807) is 13.8 Å². The highest BCUT2D eigenvalue weighted by Crippen LogP contribution is 2.28. The smallest absolute Gasteiger partial charge is 0.248 e. The van der Waals surface area contributed by atoms with Crippen molar-refractivity contribution >= 4 is 21.8 Å². The van der Waals surface area contributed by atoms with Crippen LogP contribution in [0.25, 0.3) is 0 Å². The Balaban J connectivity index is 1.51. The second kappa shape index (κ2) is 9.44. The molecule has 0 atom stereocenters. The van der Waals surface area contributed by atoms with Crippen LogP contribution in [0, 0.1) is 19.8 Å². The first-order valence-electron chi connectivity index (χ1n) is 10.4. The van der Waals surface area contributed by atoms with E-state index >= 15 is 0 Å². The first kappa shape index (κ1) is 22.7. The number of sulfonamides is 1. The van der Waals surface area contributed by atoms with Crippen LogP contribution in [0.5, 0.6) is 0 Å². The van der Waals surface area contributed by atoms with Gasteiger partial charge in [-0.3, -0.25) is 14.5 Å². The van der Waals surface area contributed by atoms with Gasteiger partial charge < -0.3 is 14.7 Å². The normalized spacial score (nSPS) is 19.8. The Bertz CT molecular complexity index is 848. The molecule has 2 aliphatic heterocycles. The molecular formula is C19H31N5O5S. The molecule has 1 N–H and O–H groups in total. The van der Waals surface area contributed by atoms with Gasteiger partial charge >= 0.3 is 0 Å². The van der Waals surface area contributed by atoms with Crippen LogP contribution >= 0.6 is 0 Å². The van der Waals surface area contributed by atoms with Crippen molar-refractivity contribution in [3.05, 3.63) is 11.5 Å². The Kier molecular flexibility index (Phi) is 7.14. The summed E-state index contributed by atoms with van der Waals surface area (Å²) in [5.74, 6) is 0.207. The van der Waals surface area contributed by atoms with E-state index in [4.69, 9.17) is 4.52 Å². The summed E-state index contributed by atoms with van der Waals surface area (Å²) < 4.78 is 32.3. The van der Waals surface area contributed by atoms with E-state index in [2.05, 4.69) is 10.5 Å². The Labute approximate surface area is 177 Å². The number of nitrogens with zero attached hydrogens (tertiary/aromatic N) is 4. The summed E-state index contributed by atoms with van der Waals surface area (Å²) in [5, 5.41) is 6.53. The maximum atomic E-state index is 12.9. The standard InChI is InChI=1S/C19H31N5O5S/c1-4-20-17(25)13-22-9-11-23(12-10-22)19(26)16-5-7-24(8-6-16)30(27,28)18-14(2)21-29-15(18)3/h16H,4-13H2,1-3H3,(H,20,25). The van der Waals surface area contributed by atoms with E-state index in [1.165, 1.54) is 4.31 Å². The number of amides is 2. The van der Waals surface area contributed by atoms with Gasteiger partial charge in [0.05, 0.1) is 6.54 Å². The van der Waals surface area contributed by atoms with Crippen molar-refractivity contribution in [1.29, 1.82) is 0 Å². The maximum absolute atomic E-state index is 12.9. The van der Waals surface area contributed by atoms with Crippen molar-refractivity contribution in [3.63, 3.8) is 0 Å². The quantitative estimate of drug-likeness (QED) is 0.659. The van der Waals surface area contributed by atoms with E-state index in [-0.39, 0.29) is 28.4 Å². The molecule has 0 aliphatic carbocycles. The second-order valence-corrected chi connectivity index (χ2v) is 9.76. The maximum Gasteiger partial charge on any atom is 0.248 e. The third-order valence-electron chi connectivity index (χ3n) is 5.79. The van der Waals surface area contributed by atoms with Gasteiger partial charge in [0, 0.05) is 51.7 Å². The number of piperazine rings is 1. The number of hydrogen-bond acceptors (Lipinski definition) is 7. The lowest BCUT2D eigenvalue weighted by Crippen LogP contribution is -2.53. The Morgan fingerprint density at radius 1 is 1.10 bits per heavy atom. The number of aromatic nitrogens is 1. The summed E-state index contributed by atoms with van der Waals surface area (Å²) in [6.07, 6.45) is 1.00. The van der Waals surface area contributed by atoms with Crippen LogP contribution in [0.1, 0.15) is 31.2 Å². The van der Waals surface area contributed by atoms with Crippen molar-refractivity contribution in [1.82, 2.24) is 24.6 Å². The highest BCUT2D eigenvalue weighted by Gasteiger charge is 2.37. The lowest BCUT2D eigenvalue weighted by Gasteiger charge is -2.38. The van der Waals surface area contributed by atoms with Gasteiger partial charge in [-0.15, -0.1) is 0 Å². The Hall–Kier alpha value is -1.98. The minimum Gasteiger partial charge on any atom is -0.360 e. The Morgan fingerprint density at radius 2 is 1.73 bits per heavy atom. The highest BCUT2D eigenvalue weighted by atomic mass is 32.2. The minimum absolute atomic E-state index is 0.00385. The molecule has 168 valence electrons. The molecule has 3 rings (SSSR count). The van der Waals surface area contributed by atoms with E-state index in [0.29, 0.717) is 70.9 Å². The summed E-state index contributed by atoms with van der Waals surface area (Å²) in [6.45, 7) is 9.20. The fourth-order valence-corrected chi connectivity index (χ4v) is 5.92. The first-order chi connectivity index (χ1) is 14.2. The monoisotopic (exact) mass is 441 g/mol. The Morgan fingerprint density at radius 3 is 2.27 bits per heavy atom. The zero-order valence-corrected chi connectivity index (χ0v) is 18.7. The predicted octanol–water partition coefficient (Wildman–Crippen LogP) is -0.0276. The van der Waals surface area contributed by atoms with Crippen LogP contribution in [0.15, 0.2) is 9.42 Å². The average Bonchev–Trinajstić information content (AvgIpc) is 3.07. The molecule has 1 aromatic heterocycles. The number of carbonyl (C=O) groups is 2. The van der Waals surface area contributed by atoms with Gasteiger partial charge in [0.2, 0.25) is 21.8 Å².